The average Bonchev–Trinajstić information content (AvgIpc) is 2.57. The van der Waals surface area contributed by atoms with Gasteiger partial charge >= 0.3 is 0 Å². The van der Waals surface area contributed by atoms with Crippen molar-refractivity contribution >= 4 is 27.7 Å². The summed E-state index contributed by atoms with van der Waals surface area (Å²) in [5.41, 5.74) is 0.539. The Kier molecular flexibility index (Phi) is 7.55. The first-order valence-corrected chi connectivity index (χ1v) is 8.97. The standard InChI is InChI=1S/C17H24BrN3O2/c18-15-7-4-6-14(12-15)17(23)20-13-16(22)19-8-5-11-21-9-2-1-3-10-21/h4,6-7,12H,1-3,5,8-11,13H2,(H,19,22)(H,20,23). The van der Waals surface area contributed by atoms with Gasteiger partial charge in [-0.05, 0) is 57.1 Å². The highest BCUT2D eigenvalue weighted by Gasteiger charge is 2.10. The van der Waals surface area contributed by atoms with Gasteiger partial charge in [0.25, 0.3) is 5.91 Å². The summed E-state index contributed by atoms with van der Waals surface area (Å²) < 4.78 is 0.840. The predicted octanol–water partition coefficient (Wildman–Crippen LogP) is 2.17. The van der Waals surface area contributed by atoms with Crippen LogP contribution in [0.15, 0.2) is 28.7 Å². The van der Waals surface area contributed by atoms with Crippen LogP contribution in [0.2, 0.25) is 0 Å². The van der Waals surface area contributed by atoms with Gasteiger partial charge in [0, 0.05) is 16.6 Å². The van der Waals surface area contributed by atoms with E-state index in [2.05, 4.69) is 31.5 Å². The van der Waals surface area contributed by atoms with E-state index in [9.17, 15) is 9.59 Å². The van der Waals surface area contributed by atoms with Gasteiger partial charge in [-0.15, -0.1) is 0 Å². The molecule has 5 nitrogen and oxygen atoms in total. The van der Waals surface area contributed by atoms with Crippen molar-refractivity contribution in [2.24, 2.45) is 0 Å². The van der Waals surface area contributed by atoms with Gasteiger partial charge in [-0.3, -0.25) is 9.59 Å². The molecular formula is C17H24BrN3O2. The van der Waals surface area contributed by atoms with E-state index < -0.39 is 0 Å². The maximum absolute atomic E-state index is 11.9. The van der Waals surface area contributed by atoms with Crippen LogP contribution >= 0.6 is 15.9 Å². The lowest BCUT2D eigenvalue weighted by Gasteiger charge is -2.26. The molecule has 0 atom stereocenters. The van der Waals surface area contributed by atoms with Gasteiger partial charge in [0.05, 0.1) is 6.54 Å². The predicted molar refractivity (Wildman–Crippen MR) is 94.4 cm³/mol. The second-order valence-electron chi connectivity index (χ2n) is 5.80. The number of hydrogen-bond acceptors (Lipinski definition) is 3. The first-order chi connectivity index (χ1) is 11.1. The van der Waals surface area contributed by atoms with Crippen LogP contribution in [0, 0.1) is 0 Å². The molecule has 0 bridgehead atoms. The third kappa shape index (κ3) is 6.71. The zero-order valence-electron chi connectivity index (χ0n) is 13.3. The van der Waals surface area contributed by atoms with E-state index in [0.717, 1.165) is 17.4 Å². The summed E-state index contributed by atoms with van der Waals surface area (Å²) in [4.78, 5) is 26.1. The fraction of sp³-hybridized carbons (Fsp3) is 0.529. The minimum Gasteiger partial charge on any atom is -0.355 e. The van der Waals surface area contributed by atoms with E-state index in [1.807, 2.05) is 6.07 Å². The van der Waals surface area contributed by atoms with E-state index in [1.54, 1.807) is 18.2 Å². The molecule has 0 aliphatic carbocycles. The fourth-order valence-corrected chi connectivity index (χ4v) is 3.07. The van der Waals surface area contributed by atoms with Crippen LogP contribution in [0.25, 0.3) is 0 Å². The lowest BCUT2D eigenvalue weighted by atomic mass is 10.1. The molecule has 1 fully saturated rings. The fourth-order valence-electron chi connectivity index (χ4n) is 2.67. The summed E-state index contributed by atoms with van der Waals surface area (Å²) >= 11 is 3.32. The van der Waals surface area contributed by atoms with Crippen LogP contribution in [0.4, 0.5) is 0 Å². The molecule has 126 valence electrons. The normalized spacial score (nSPS) is 15.2. The number of amides is 2. The smallest absolute Gasteiger partial charge is 0.251 e. The van der Waals surface area contributed by atoms with Gasteiger partial charge < -0.3 is 15.5 Å². The van der Waals surface area contributed by atoms with E-state index in [4.69, 9.17) is 0 Å². The van der Waals surface area contributed by atoms with Gasteiger partial charge in [-0.2, -0.15) is 0 Å². The van der Waals surface area contributed by atoms with Gasteiger partial charge in [0.15, 0.2) is 0 Å². The summed E-state index contributed by atoms with van der Waals surface area (Å²) in [5, 5.41) is 5.48. The summed E-state index contributed by atoms with van der Waals surface area (Å²) in [5.74, 6) is -0.387. The number of hydrogen-bond donors (Lipinski definition) is 2. The molecule has 0 spiro atoms. The van der Waals surface area contributed by atoms with E-state index >= 15 is 0 Å². The number of carbonyl (C=O) groups is 2. The van der Waals surface area contributed by atoms with Crippen LogP contribution in [-0.2, 0) is 4.79 Å². The van der Waals surface area contributed by atoms with Gasteiger partial charge in [-0.25, -0.2) is 0 Å². The number of halogens is 1. The summed E-state index contributed by atoms with van der Waals surface area (Å²) in [7, 11) is 0. The summed E-state index contributed by atoms with van der Waals surface area (Å²) in [6.45, 7) is 4.05. The van der Waals surface area contributed by atoms with Crippen molar-refractivity contribution in [3.05, 3.63) is 34.3 Å². The lowest BCUT2D eigenvalue weighted by Crippen LogP contribution is -2.38. The van der Waals surface area contributed by atoms with Gasteiger partial charge in [0.2, 0.25) is 5.91 Å². The lowest BCUT2D eigenvalue weighted by molar-refractivity contribution is -0.120. The van der Waals surface area contributed by atoms with Crippen LogP contribution in [0.1, 0.15) is 36.0 Å². The zero-order chi connectivity index (χ0) is 16.5. The van der Waals surface area contributed by atoms with E-state index in [-0.39, 0.29) is 18.4 Å². The van der Waals surface area contributed by atoms with Crippen LogP contribution in [0.5, 0.6) is 0 Å². The minimum absolute atomic E-state index is 0.00899. The Morgan fingerprint density at radius 2 is 1.91 bits per heavy atom. The first-order valence-electron chi connectivity index (χ1n) is 8.18. The maximum Gasteiger partial charge on any atom is 0.251 e. The average molecular weight is 382 g/mol. The Labute approximate surface area is 145 Å². The molecule has 1 saturated heterocycles. The van der Waals surface area contributed by atoms with Crippen molar-refractivity contribution in [2.45, 2.75) is 25.7 Å². The van der Waals surface area contributed by atoms with Crippen molar-refractivity contribution in [1.82, 2.24) is 15.5 Å². The highest BCUT2D eigenvalue weighted by atomic mass is 79.9. The number of carbonyl (C=O) groups excluding carboxylic acids is 2. The number of benzene rings is 1. The Morgan fingerprint density at radius 1 is 1.13 bits per heavy atom. The van der Waals surface area contributed by atoms with Crippen molar-refractivity contribution in [3.63, 3.8) is 0 Å². The molecule has 2 amide bonds. The van der Waals surface area contributed by atoms with Crippen molar-refractivity contribution in [3.8, 4) is 0 Å². The van der Waals surface area contributed by atoms with E-state index in [0.29, 0.717) is 12.1 Å². The third-order valence-electron chi connectivity index (χ3n) is 3.92. The zero-order valence-corrected chi connectivity index (χ0v) is 14.9. The number of piperidine rings is 1. The molecule has 1 aliphatic rings. The number of likely N-dealkylation sites (tertiary alicyclic amines) is 1. The van der Waals surface area contributed by atoms with Crippen molar-refractivity contribution in [2.75, 3.05) is 32.7 Å². The molecule has 23 heavy (non-hydrogen) atoms. The van der Waals surface area contributed by atoms with Crippen LogP contribution in [0.3, 0.4) is 0 Å². The van der Waals surface area contributed by atoms with Gasteiger partial charge in [0.1, 0.15) is 0 Å². The second kappa shape index (κ2) is 9.67. The highest BCUT2D eigenvalue weighted by molar-refractivity contribution is 9.10. The molecule has 0 unspecified atom stereocenters. The molecule has 1 heterocycles. The molecule has 6 heteroatoms. The first kappa shape index (κ1) is 17.9. The molecule has 0 aromatic heterocycles. The monoisotopic (exact) mass is 381 g/mol. The van der Waals surface area contributed by atoms with Crippen molar-refractivity contribution < 1.29 is 9.59 Å². The maximum atomic E-state index is 11.9. The molecule has 1 aromatic carbocycles. The minimum atomic E-state index is -0.241. The highest BCUT2D eigenvalue weighted by Crippen LogP contribution is 2.11. The van der Waals surface area contributed by atoms with Gasteiger partial charge in [-0.1, -0.05) is 28.4 Å². The second-order valence-corrected chi connectivity index (χ2v) is 6.71. The largest absolute Gasteiger partial charge is 0.355 e. The SMILES string of the molecule is O=C(CNC(=O)c1cccc(Br)c1)NCCCN1CCCCC1. The molecule has 2 rings (SSSR count). The Hall–Kier alpha value is -1.40. The van der Waals surface area contributed by atoms with Crippen molar-refractivity contribution in [1.29, 1.82) is 0 Å². The van der Waals surface area contributed by atoms with Crippen LogP contribution in [-0.4, -0.2) is 49.4 Å². The molecule has 0 radical (unpaired) electrons. The molecule has 1 aliphatic heterocycles. The quantitative estimate of drug-likeness (QED) is 0.711. The summed E-state index contributed by atoms with van der Waals surface area (Å²) in [6, 6.07) is 7.09. The number of nitrogens with one attached hydrogen (secondary N) is 2. The van der Waals surface area contributed by atoms with E-state index in [1.165, 1.54) is 32.4 Å². The Morgan fingerprint density at radius 3 is 2.65 bits per heavy atom. The third-order valence-corrected chi connectivity index (χ3v) is 4.41. The van der Waals surface area contributed by atoms with Crippen LogP contribution < -0.4 is 10.6 Å². The number of nitrogens with zero attached hydrogens (tertiary/aromatic N) is 1. The molecule has 0 saturated carbocycles. The molecule has 2 N–H and O–H groups in total. The number of rotatable bonds is 7. The summed E-state index contributed by atoms with van der Waals surface area (Å²) in [6.07, 6.45) is 4.86. The topological polar surface area (TPSA) is 61.4 Å². The Balaban J connectivity index is 1.58. The Bertz CT molecular complexity index is 530. The molecular weight excluding hydrogens is 358 g/mol. The molecule has 1 aromatic rings.